The zero-order valence-corrected chi connectivity index (χ0v) is 15.6. The van der Waals surface area contributed by atoms with Gasteiger partial charge >= 0.3 is 0 Å². The first-order valence-electron chi connectivity index (χ1n) is 8.69. The Labute approximate surface area is 158 Å². The van der Waals surface area contributed by atoms with Gasteiger partial charge in [-0.3, -0.25) is 14.3 Å². The molecule has 0 aliphatic heterocycles. The van der Waals surface area contributed by atoms with E-state index >= 15 is 0 Å². The third kappa shape index (κ3) is 4.23. The van der Waals surface area contributed by atoms with Gasteiger partial charge < -0.3 is 10.6 Å². The summed E-state index contributed by atoms with van der Waals surface area (Å²) in [7, 11) is 1.82. The van der Waals surface area contributed by atoms with Gasteiger partial charge in [0.1, 0.15) is 0 Å². The molecule has 0 saturated carbocycles. The number of carbonyl (C=O) groups excluding carboxylic acids is 2. The Morgan fingerprint density at radius 1 is 0.963 bits per heavy atom. The van der Waals surface area contributed by atoms with Crippen molar-refractivity contribution in [2.24, 2.45) is 7.05 Å². The van der Waals surface area contributed by atoms with Crippen molar-refractivity contribution >= 4 is 17.5 Å². The molecule has 2 aromatic carbocycles. The summed E-state index contributed by atoms with van der Waals surface area (Å²) in [6, 6.07) is 17.2. The molecule has 0 aliphatic carbocycles. The summed E-state index contributed by atoms with van der Waals surface area (Å²) in [5.74, 6) is -0.576. The van der Waals surface area contributed by atoms with Crippen molar-refractivity contribution < 1.29 is 9.59 Å². The van der Waals surface area contributed by atoms with Crippen molar-refractivity contribution in [1.82, 2.24) is 15.1 Å². The maximum absolute atomic E-state index is 12.3. The molecule has 3 rings (SSSR count). The highest BCUT2D eigenvalue weighted by Crippen LogP contribution is 2.19. The lowest BCUT2D eigenvalue weighted by molar-refractivity contribution is -0.115. The molecule has 2 N–H and O–H groups in total. The van der Waals surface area contributed by atoms with Crippen LogP contribution in [-0.4, -0.2) is 28.1 Å². The minimum Gasteiger partial charge on any atom is -0.343 e. The van der Waals surface area contributed by atoms with E-state index in [1.807, 2.05) is 63.4 Å². The Balaban J connectivity index is 1.58. The van der Waals surface area contributed by atoms with Crippen LogP contribution in [0.25, 0.3) is 11.1 Å². The van der Waals surface area contributed by atoms with Crippen LogP contribution >= 0.6 is 0 Å². The van der Waals surface area contributed by atoms with Gasteiger partial charge in [-0.05, 0) is 37.1 Å². The minimum absolute atomic E-state index is 0.104. The number of carbonyl (C=O) groups is 2. The molecule has 0 atom stereocenters. The summed E-state index contributed by atoms with van der Waals surface area (Å²) in [5, 5.41) is 9.70. The Morgan fingerprint density at radius 2 is 1.59 bits per heavy atom. The fraction of sp³-hybridized carbons (Fsp3) is 0.190. The van der Waals surface area contributed by atoms with Gasteiger partial charge in [0.05, 0.1) is 23.6 Å². The molecular weight excluding hydrogens is 340 g/mol. The zero-order chi connectivity index (χ0) is 19.4. The SMILES string of the molecule is Cc1nn(C)c(C)c1NC(=O)CNC(=O)c1ccc(-c2ccccc2)cc1. The van der Waals surface area contributed by atoms with Crippen LogP contribution in [0.3, 0.4) is 0 Å². The highest BCUT2D eigenvalue weighted by atomic mass is 16.2. The van der Waals surface area contributed by atoms with E-state index in [0.717, 1.165) is 22.5 Å². The minimum atomic E-state index is -0.288. The monoisotopic (exact) mass is 362 g/mol. The van der Waals surface area contributed by atoms with Crippen LogP contribution in [0.15, 0.2) is 54.6 Å². The summed E-state index contributed by atoms with van der Waals surface area (Å²) < 4.78 is 1.71. The van der Waals surface area contributed by atoms with Crippen molar-refractivity contribution in [1.29, 1.82) is 0 Å². The maximum Gasteiger partial charge on any atom is 0.251 e. The lowest BCUT2D eigenvalue weighted by atomic mass is 10.0. The van der Waals surface area contributed by atoms with Gasteiger partial charge in [-0.1, -0.05) is 42.5 Å². The molecule has 27 heavy (non-hydrogen) atoms. The van der Waals surface area contributed by atoms with Crippen LogP contribution in [0.2, 0.25) is 0 Å². The average Bonchev–Trinajstić information content (AvgIpc) is 2.93. The van der Waals surface area contributed by atoms with E-state index in [-0.39, 0.29) is 18.4 Å². The average molecular weight is 362 g/mol. The molecule has 6 nitrogen and oxygen atoms in total. The molecule has 6 heteroatoms. The Bertz CT molecular complexity index is 960. The number of nitrogens with zero attached hydrogens (tertiary/aromatic N) is 2. The van der Waals surface area contributed by atoms with E-state index < -0.39 is 0 Å². The second-order valence-corrected chi connectivity index (χ2v) is 6.34. The van der Waals surface area contributed by atoms with Gasteiger partial charge in [0.2, 0.25) is 5.91 Å². The number of nitrogens with one attached hydrogen (secondary N) is 2. The second-order valence-electron chi connectivity index (χ2n) is 6.34. The summed E-state index contributed by atoms with van der Waals surface area (Å²) in [6.07, 6.45) is 0. The smallest absolute Gasteiger partial charge is 0.251 e. The predicted molar refractivity (Wildman–Crippen MR) is 106 cm³/mol. The van der Waals surface area contributed by atoms with Gasteiger partial charge in [0.15, 0.2) is 0 Å². The lowest BCUT2D eigenvalue weighted by Crippen LogP contribution is -2.33. The lowest BCUT2D eigenvalue weighted by Gasteiger charge is -2.08. The van der Waals surface area contributed by atoms with E-state index in [9.17, 15) is 9.59 Å². The Morgan fingerprint density at radius 3 is 2.19 bits per heavy atom. The normalized spacial score (nSPS) is 10.5. The largest absolute Gasteiger partial charge is 0.343 e. The summed E-state index contributed by atoms with van der Waals surface area (Å²) in [5.41, 5.74) is 4.92. The van der Waals surface area contributed by atoms with Crippen molar-refractivity contribution in [3.8, 4) is 11.1 Å². The molecule has 0 aliphatic rings. The van der Waals surface area contributed by atoms with Gasteiger partial charge in [-0.15, -0.1) is 0 Å². The van der Waals surface area contributed by atoms with Crippen molar-refractivity contribution in [3.63, 3.8) is 0 Å². The van der Waals surface area contributed by atoms with Crippen LogP contribution in [-0.2, 0) is 11.8 Å². The molecule has 0 fully saturated rings. The third-order valence-electron chi connectivity index (χ3n) is 4.44. The first-order chi connectivity index (χ1) is 13.0. The molecular formula is C21H22N4O2. The molecule has 2 amide bonds. The van der Waals surface area contributed by atoms with Crippen LogP contribution in [0.4, 0.5) is 5.69 Å². The molecule has 0 radical (unpaired) electrons. The topological polar surface area (TPSA) is 76.0 Å². The highest BCUT2D eigenvalue weighted by molar-refractivity contribution is 5.99. The number of aromatic nitrogens is 2. The first kappa shape index (κ1) is 18.4. The number of hydrogen-bond donors (Lipinski definition) is 2. The fourth-order valence-electron chi connectivity index (χ4n) is 2.85. The Hall–Kier alpha value is -3.41. The van der Waals surface area contributed by atoms with E-state index in [1.165, 1.54) is 0 Å². The molecule has 0 unspecified atom stereocenters. The van der Waals surface area contributed by atoms with Crippen molar-refractivity contribution in [2.75, 3.05) is 11.9 Å². The number of aryl methyl sites for hydroxylation is 2. The molecule has 1 aromatic heterocycles. The number of anilines is 1. The van der Waals surface area contributed by atoms with Crippen LogP contribution < -0.4 is 10.6 Å². The second kappa shape index (κ2) is 7.86. The summed E-state index contributed by atoms with van der Waals surface area (Å²) >= 11 is 0. The standard InChI is InChI=1S/C21H22N4O2/c1-14-20(15(2)25(3)24-14)23-19(26)13-22-21(27)18-11-9-17(10-12-18)16-7-5-4-6-8-16/h4-12H,13H2,1-3H3,(H,22,27)(H,23,26). The number of benzene rings is 2. The predicted octanol–water partition coefficient (Wildman–Crippen LogP) is 3.07. The first-order valence-corrected chi connectivity index (χ1v) is 8.69. The van der Waals surface area contributed by atoms with E-state index in [0.29, 0.717) is 11.3 Å². The van der Waals surface area contributed by atoms with Crippen LogP contribution in [0.1, 0.15) is 21.7 Å². The molecule has 0 spiro atoms. The van der Waals surface area contributed by atoms with Gasteiger partial charge in [-0.25, -0.2) is 0 Å². The molecule has 138 valence electrons. The van der Waals surface area contributed by atoms with Crippen molar-refractivity contribution in [3.05, 3.63) is 71.5 Å². The van der Waals surface area contributed by atoms with Crippen LogP contribution in [0, 0.1) is 13.8 Å². The van der Waals surface area contributed by atoms with Gasteiger partial charge in [-0.2, -0.15) is 5.10 Å². The third-order valence-corrected chi connectivity index (χ3v) is 4.44. The van der Waals surface area contributed by atoms with Crippen LogP contribution in [0.5, 0.6) is 0 Å². The van der Waals surface area contributed by atoms with Crippen molar-refractivity contribution in [2.45, 2.75) is 13.8 Å². The van der Waals surface area contributed by atoms with E-state index in [4.69, 9.17) is 0 Å². The number of hydrogen-bond acceptors (Lipinski definition) is 3. The molecule has 3 aromatic rings. The summed E-state index contributed by atoms with van der Waals surface area (Å²) in [6.45, 7) is 3.60. The molecule has 1 heterocycles. The highest BCUT2D eigenvalue weighted by Gasteiger charge is 2.13. The number of amides is 2. The summed E-state index contributed by atoms with van der Waals surface area (Å²) in [4.78, 5) is 24.4. The molecule has 0 saturated heterocycles. The van der Waals surface area contributed by atoms with Gasteiger partial charge in [0.25, 0.3) is 5.91 Å². The number of rotatable bonds is 5. The molecule has 0 bridgehead atoms. The van der Waals surface area contributed by atoms with E-state index in [1.54, 1.807) is 16.8 Å². The quantitative estimate of drug-likeness (QED) is 0.732. The maximum atomic E-state index is 12.3. The Kier molecular flexibility index (Phi) is 5.35. The van der Waals surface area contributed by atoms with Gasteiger partial charge in [0, 0.05) is 12.6 Å². The zero-order valence-electron chi connectivity index (χ0n) is 15.6. The van der Waals surface area contributed by atoms with E-state index in [2.05, 4.69) is 15.7 Å². The fourth-order valence-corrected chi connectivity index (χ4v) is 2.85.